The molecule has 0 aliphatic rings. The second-order valence-corrected chi connectivity index (χ2v) is 10.3. The van der Waals surface area contributed by atoms with Crippen molar-refractivity contribution in [3.63, 3.8) is 0 Å². The van der Waals surface area contributed by atoms with Crippen LogP contribution in [0.25, 0.3) is 0 Å². The Morgan fingerprint density at radius 1 is 0.750 bits per heavy atom. The lowest BCUT2D eigenvalue weighted by atomic mass is 10.6. The number of rotatable bonds is 11. The van der Waals surface area contributed by atoms with Gasteiger partial charge in [-0.25, -0.2) is 0 Å². The van der Waals surface area contributed by atoms with Crippen LogP contribution >= 0.6 is 70.4 Å². The van der Waals surface area contributed by atoms with Crippen molar-refractivity contribution in [1.29, 1.82) is 0 Å². The fourth-order valence-electron chi connectivity index (χ4n) is 0.812. The molecule has 0 aromatic carbocycles. The van der Waals surface area contributed by atoms with E-state index in [1.165, 1.54) is 34.5 Å². The molecular formula is C10H22S6. The van der Waals surface area contributed by atoms with Gasteiger partial charge in [0.1, 0.15) is 0 Å². The van der Waals surface area contributed by atoms with Crippen molar-refractivity contribution >= 4 is 70.4 Å². The van der Waals surface area contributed by atoms with Gasteiger partial charge in [0.2, 0.25) is 0 Å². The molecule has 0 N–H and O–H groups in total. The Balaban J connectivity index is 2.93. The van der Waals surface area contributed by atoms with E-state index in [1.54, 1.807) is 0 Å². The van der Waals surface area contributed by atoms with Crippen LogP contribution in [0, 0.1) is 0 Å². The molecule has 2 atom stereocenters. The SMILES string of the molecule is CC(S)CSCCSSCCSCC(C)S. The molecule has 0 nitrogen and oxygen atoms in total. The van der Waals surface area contributed by atoms with E-state index in [9.17, 15) is 0 Å². The van der Waals surface area contributed by atoms with Crippen LogP contribution in [0.2, 0.25) is 0 Å². The zero-order valence-electron chi connectivity index (χ0n) is 9.92. The van der Waals surface area contributed by atoms with E-state index in [-0.39, 0.29) is 0 Å². The molecule has 0 bridgehead atoms. The average molecular weight is 335 g/mol. The summed E-state index contributed by atoms with van der Waals surface area (Å²) in [7, 11) is 4.00. The minimum atomic E-state index is 0.530. The van der Waals surface area contributed by atoms with E-state index in [1.807, 2.05) is 45.1 Å². The van der Waals surface area contributed by atoms with Crippen LogP contribution in [0.3, 0.4) is 0 Å². The molecule has 98 valence electrons. The summed E-state index contributed by atoms with van der Waals surface area (Å²) in [6.07, 6.45) is 0. The molecule has 0 spiro atoms. The van der Waals surface area contributed by atoms with E-state index >= 15 is 0 Å². The van der Waals surface area contributed by atoms with Crippen molar-refractivity contribution in [2.24, 2.45) is 0 Å². The average Bonchev–Trinajstić information content (AvgIpc) is 2.20. The van der Waals surface area contributed by atoms with E-state index in [0.717, 1.165) is 0 Å². The molecule has 0 radical (unpaired) electrons. The van der Waals surface area contributed by atoms with Gasteiger partial charge in [-0.2, -0.15) is 48.8 Å². The highest BCUT2D eigenvalue weighted by atomic mass is 33.1. The van der Waals surface area contributed by atoms with Gasteiger partial charge in [-0.15, -0.1) is 0 Å². The third-order valence-electron chi connectivity index (χ3n) is 1.42. The van der Waals surface area contributed by atoms with Crippen molar-refractivity contribution in [2.75, 3.05) is 34.5 Å². The van der Waals surface area contributed by atoms with Crippen molar-refractivity contribution in [1.82, 2.24) is 0 Å². The Labute approximate surface area is 128 Å². The Hall–Kier alpha value is 2.10. The number of thioether (sulfide) groups is 2. The predicted octanol–water partition coefficient (Wildman–Crippen LogP) is 4.47. The molecule has 0 saturated carbocycles. The second-order valence-electron chi connectivity index (χ2n) is 3.49. The Morgan fingerprint density at radius 2 is 1.12 bits per heavy atom. The highest BCUT2D eigenvalue weighted by Gasteiger charge is 1.97. The fraction of sp³-hybridized carbons (Fsp3) is 1.00. The van der Waals surface area contributed by atoms with Crippen LogP contribution < -0.4 is 0 Å². The molecule has 0 rings (SSSR count). The molecule has 0 aliphatic carbocycles. The predicted molar refractivity (Wildman–Crippen MR) is 96.5 cm³/mol. The van der Waals surface area contributed by atoms with Crippen LogP contribution in [0.1, 0.15) is 13.8 Å². The van der Waals surface area contributed by atoms with Crippen molar-refractivity contribution in [2.45, 2.75) is 24.3 Å². The normalized spacial score (nSPS) is 15.0. The summed E-state index contributed by atoms with van der Waals surface area (Å²) in [5, 5.41) is 1.06. The van der Waals surface area contributed by atoms with Crippen LogP contribution in [0.15, 0.2) is 0 Å². The maximum absolute atomic E-state index is 4.35. The van der Waals surface area contributed by atoms with Crippen LogP contribution in [-0.2, 0) is 0 Å². The maximum Gasteiger partial charge on any atom is 0.0128 e. The van der Waals surface area contributed by atoms with Gasteiger partial charge < -0.3 is 0 Å². The lowest BCUT2D eigenvalue weighted by Gasteiger charge is -2.04. The molecular weight excluding hydrogens is 313 g/mol. The van der Waals surface area contributed by atoms with Crippen molar-refractivity contribution < 1.29 is 0 Å². The van der Waals surface area contributed by atoms with E-state index in [2.05, 4.69) is 39.1 Å². The molecule has 2 unspecified atom stereocenters. The summed E-state index contributed by atoms with van der Waals surface area (Å²) in [6, 6.07) is 0. The van der Waals surface area contributed by atoms with Crippen LogP contribution in [0.5, 0.6) is 0 Å². The van der Waals surface area contributed by atoms with Gasteiger partial charge >= 0.3 is 0 Å². The third-order valence-corrected chi connectivity index (χ3v) is 7.66. The zero-order valence-corrected chi connectivity index (χ0v) is 15.0. The maximum atomic E-state index is 4.35. The van der Waals surface area contributed by atoms with Crippen molar-refractivity contribution in [3.05, 3.63) is 0 Å². The summed E-state index contributed by atoms with van der Waals surface area (Å²) in [5.74, 6) is 7.35. The monoisotopic (exact) mass is 334 g/mol. The molecule has 0 fully saturated rings. The third kappa shape index (κ3) is 16.1. The van der Waals surface area contributed by atoms with Crippen LogP contribution in [-0.4, -0.2) is 45.0 Å². The first-order valence-corrected chi connectivity index (χ1v) is 11.2. The summed E-state index contributed by atoms with van der Waals surface area (Å²) in [4.78, 5) is 0. The lowest BCUT2D eigenvalue weighted by Crippen LogP contribution is -1.97. The van der Waals surface area contributed by atoms with Gasteiger partial charge in [0.05, 0.1) is 0 Å². The Morgan fingerprint density at radius 3 is 1.44 bits per heavy atom. The largest absolute Gasteiger partial charge is 0.175 e. The minimum absolute atomic E-state index is 0.530. The van der Waals surface area contributed by atoms with Gasteiger partial charge in [0.25, 0.3) is 0 Å². The molecule has 0 amide bonds. The first-order valence-electron chi connectivity index (χ1n) is 5.39. The van der Waals surface area contributed by atoms with E-state index < -0.39 is 0 Å². The molecule has 0 aliphatic heterocycles. The molecule has 6 heteroatoms. The molecule has 16 heavy (non-hydrogen) atoms. The lowest BCUT2D eigenvalue weighted by molar-refractivity contribution is 1.14. The standard InChI is InChI=1S/C10H22S6/c1-9(11)7-13-3-5-15-16-6-4-14-8-10(2)12/h9-12H,3-8H2,1-2H3. The Kier molecular flexibility index (Phi) is 15.3. The second kappa shape index (κ2) is 13.5. The molecule has 0 aromatic rings. The quantitative estimate of drug-likeness (QED) is 0.325. The molecule has 0 saturated heterocycles. The topological polar surface area (TPSA) is 0 Å². The number of hydrogen-bond donors (Lipinski definition) is 2. The van der Waals surface area contributed by atoms with Crippen molar-refractivity contribution in [3.8, 4) is 0 Å². The number of hydrogen-bond acceptors (Lipinski definition) is 6. The fourth-order valence-corrected chi connectivity index (χ4v) is 6.11. The summed E-state index contributed by atoms with van der Waals surface area (Å²) < 4.78 is 0. The highest BCUT2D eigenvalue weighted by molar-refractivity contribution is 8.76. The first kappa shape index (κ1) is 18.1. The Bertz CT molecular complexity index is 123. The minimum Gasteiger partial charge on any atom is -0.175 e. The van der Waals surface area contributed by atoms with Crippen LogP contribution in [0.4, 0.5) is 0 Å². The summed E-state index contributed by atoms with van der Waals surface area (Å²) in [6.45, 7) is 4.30. The van der Waals surface area contributed by atoms with Gasteiger partial charge in [0, 0.05) is 45.0 Å². The van der Waals surface area contributed by atoms with Gasteiger partial charge in [0.15, 0.2) is 0 Å². The van der Waals surface area contributed by atoms with E-state index in [0.29, 0.717) is 10.5 Å². The number of thiol groups is 2. The highest BCUT2D eigenvalue weighted by Crippen LogP contribution is 2.24. The summed E-state index contributed by atoms with van der Waals surface area (Å²) >= 11 is 12.7. The van der Waals surface area contributed by atoms with Gasteiger partial charge in [-0.3, -0.25) is 0 Å². The zero-order chi connectivity index (χ0) is 12.2. The van der Waals surface area contributed by atoms with E-state index in [4.69, 9.17) is 0 Å². The molecule has 0 heterocycles. The molecule has 0 aromatic heterocycles. The smallest absolute Gasteiger partial charge is 0.0128 e. The first-order chi connectivity index (χ1) is 7.63. The van der Waals surface area contributed by atoms with Gasteiger partial charge in [-0.1, -0.05) is 35.4 Å². The van der Waals surface area contributed by atoms with Gasteiger partial charge in [-0.05, 0) is 0 Å². The summed E-state index contributed by atoms with van der Waals surface area (Å²) in [5.41, 5.74) is 0.